The number of benzene rings is 3. The van der Waals surface area contributed by atoms with Crippen molar-refractivity contribution in [3.63, 3.8) is 0 Å². The van der Waals surface area contributed by atoms with Gasteiger partial charge in [0.05, 0.1) is 18.9 Å². The van der Waals surface area contributed by atoms with Gasteiger partial charge in [0.25, 0.3) is 0 Å². The lowest BCUT2D eigenvalue weighted by molar-refractivity contribution is 0.304. The first-order chi connectivity index (χ1) is 21.0. The maximum atomic E-state index is 5.84. The highest BCUT2D eigenvalue weighted by molar-refractivity contribution is 9.10. The number of hydrogen-bond donors (Lipinski definition) is 1. The summed E-state index contributed by atoms with van der Waals surface area (Å²) in [6.07, 6.45) is 12.6. The van der Waals surface area contributed by atoms with Gasteiger partial charge in [0.1, 0.15) is 21.5 Å². The van der Waals surface area contributed by atoms with Crippen LogP contribution in [-0.4, -0.2) is 23.2 Å². The van der Waals surface area contributed by atoms with Crippen LogP contribution in [0.15, 0.2) is 82.6 Å². The van der Waals surface area contributed by atoms with E-state index in [0.717, 1.165) is 69.4 Å². The Labute approximate surface area is 276 Å². The molecule has 0 spiro atoms. The zero-order valence-electron chi connectivity index (χ0n) is 25.5. The number of unbranched alkanes of at least 4 members (excludes halogenated alkanes) is 8. The normalized spacial score (nSPS) is 10.6. The summed E-state index contributed by atoms with van der Waals surface area (Å²) in [4.78, 5) is 5.20. The van der Waals surface area contributed by atoms with Gasteiger partial charge in [-0.05, 0) is 73.5 Å². The smallest absolute Gasteiger partial charge is 0.124 e. The summed E-state index contributed by atoms with van der Waals surface area (Å²) in [6, 6.07) is 24.2. The molecule has 4 aromatic rings. The summed E-state index contributed by atoms with van der Waals surface area (Å²) >= 11 is 10.0. The Hall–Kier alpha value is -2.74. The summed E-state index contributed by atoms with van der Waals surface area (Å²) < 4.78 is 12.6. The Morgan fingerprint density at radius 2 is 1.19 bits per heavy atom. The quantitative estimate of drug-likeness (QED) is 0.0888. The van der Waals surface area contributed by atoms with E-state index < -0.39 is 0 Å². The van der Waals surface area contributed by atoms with Gasteiger partial charge in [-0.25, -0.2) is 4.98 Å². The number of ether oxygens (including phenoxy) is 2. The first-order valence-corrected chi connectivity index (χ1v) is 17.6. The van der Waals surface area contributed by atoms with E-state index in [9.17, 15) is 0 Å². The predicted octanol–water partition coefficient (Wildman–Crippen LogP) is 11.3. The van der Waals surface area contributed by atoms with E-state index in [1.807, 2.05) is 48.5 Å². The Balaban J connectivity index is 0.000000259. The lowest BCUT2D eigenvalue weighted by atomic mass is 10.2. The first-order valence-electron chi connectivity index (χ1n) is 15.5. The fourth-order valence-electron chi connectivity index (χ4n) is 4.36. The zero-order chi connectivity index (χ0) is 30.7. The van der Waals surface area contributed by atoms with Crippen LogP contribution >= 0.6 is 39.5 Å². The van der Waals surface area contributed by atoms with Crippen LogP contribution in [0.3, 0.4) is 0 Å². The van der Waals surface area contributed by atoms with Gasteiger partial charge in [0.15, 0.2) is 0 Å². The van der Waals surface area contributed by atoms with Crippen LogP contribution in [0.1, 0.15) is 83.6 Å². The Morgan fingerprint density at radius 1 is 0.698 bits per heavy atom. The highest BCUT2D eigenvalue weighted by Crippen LogP contribution is 2.30. The number of nitrogens with two attached hydrogens (primary N) is 1. The van der Waals surface area contributed by atoms with Crippen LogP contribution in [-0.2, 0) is 0 Å². The number of thiocarbonyl (C=S) groups is 1. The van der Waals surface area contributed by atoms with Crippen molar-refractivity contribution in [2.24, 2.45) is 5.73 Å². The molecule has 7 heteroatoms. The van der Waals surface area contributed by atoms with E-state index in [1.54, 1.807) is 11.3 Å². The fraction of sp³-hybridized carbons (Fsp3) is 0.389. The van der Waals surface area contributed by atoms with Crippen LogP contribution in [0.4, 0.5) is 0 Å². The average molecular weight is 682 g/mol. The topological polar surface area (TPSA) is 57.4 Å². The fourth-order valence-corrected chi connectivity index (χ4v) is 5.60. The monoisotopic (exact) mass is 680 g/mol. The van der Waals surface area contributed by atoms with Gasteiger partial charge in [0.2, 0.25) is 0 Å². The van der Waals surface area contributed by atoms with Crippen molar-refractivity contribution in [1.82, 2.24) is 4.98 Å². The summed E-state index contributed by atoms with van der Waals surface area (Å²) in [7, 11) is 0. The molecule has 4 nitrogen and oxygen atoms in total. The minimum Gasteiger partial charge on any atom is -0.494 e. The zero-order valence-corrected chi connectivity index (χ0v) is 28.7. The van der Waals surface area contributed by atoms with Gasteiger partial charge >= 0.3 is 0 Å². The van der Waals surface area contributed by atoms with Crippen molar-refractivity contribution in [2.45, 2.75) is 78.1 Å². The molecule has 3 aromatic carbocycles. The molecule has 43 heavy (non-hydrogen) atoms. The van der Waals surface area contributed by atoms with Crippen LogP contribution < -0.4 is 15.2 Å². The standard InChI is InChI=1S/C22H24BrNOS.C14H21NOS/c1-2-3-4-5-6-15-25-20-13-9-18(10-14-20)22-24-21(16-26-22)17-7-11-19(23)12-8-17;1-2-3-4-5-6-11-16-13-9-7-12(8-10-13)14(15)17/h7-14,16H,2-6,15H2,1H3;7-10H,2-6,11H2,1H3,(H2,15,17). The molecule has 0 aliphatic heterocycles. The van der Waals surface area contributed by atoms with Gasteiger partial charge in [-0.2, -0.15) is 0 Å². The molecule has 2 N–H and O–H groups in total. The number of thiazole rings is 1. The van der Waals surface area contributed by atoms with Crippen LogP contribution in [0.5, 0.6) is 11.5 Å². The highest BCUT2D eigenvalue weighted by atomic mass is 79.9. The summed E-state index contributed by atoms with van der Waals surface area (Å²) in [6.45, 7) is 6.05. The second-order valence-corrected chi connectivity index (χ2v) is 12.7. The molecular weight excluding hydrogens is 636 g/mol. The van der Waals surface area contributed by atoms with E-state index in [1.165, 1.54) is 51.4 Å². The highest BCUT2D eigenvalue weighted by Gasteiger charge is 2.07. The van der Waals surface area contributed by atoms with Crippen molar-refractivity contribution in [3.8, 4) is 33.3 Å². The van der Waals surface area contributed by atoms with Crippen molar-refractivity contribution in [3.05, 3.63) is 88.2 Å². The maximum absolute atomic E-state index is 5.84. The second kappa shape index (κ2) is 20.3. The van der Waals surface area contributed by atoms with E-state index in [0.29, 0.717) is 4.99 Å². The van der Waals surface area contributed by atoms with Gasteiger partial charge in [0, 0.05) is 26.5 Å². The van der Waals surface area contributed by atoms with Gasteiger partial charge in [-0.1, -0.05) is 105 Å². The molecule has 0 radical (unpaired) electrons. The van der Waals surface area contributed by atoms with Crippen LogP contribution in [0, 0.1) is 0 Å². The Kier molecular flexibility index (Phi) is 16.4. The lowest BCUT2D eigenvalue weighted by Crippen LogP contribution is -2.08. The number of aromatic nitrogens is 1. The molecule has 0 saturated carbocycles. The third-order valence-electron chi connectivity index (χ3n) is 6.92. The lowest BCUT2D eigenvalue weighted by Gasteiger charge is -2.06. The summed E-state index contributed by atoms with van der Waals surface area (Å²) in [5.41, 5.74) is 9.70. The molecule has 4 rings (SSSR count). The van der Waals surface area contributed by atoms with Gasteiger partial charge in [-0.15, -0.1) is 11.3 Å². The molecule has 230 valence electrons. The molecule has 0 saturated heterocycles. The molecule has 0 aliphatic carbocycles. The maximum Gasteiger partial charge on any atom is 0.124 e. The molecule has 0 amide bonds. The summed E-state index contributed by atoms with van der Waals surface area (Å²) in [5, 5.41) is 3.15. The molecule has 0 atom stereocenters. The summed E-state index contributed by atoms with van der Waals surface area (Å²) in [5.74, 6) is 1.83. The molecule has 0 fully saturated rings. The number of nitrogens with zero attached hydrogens (tertiary/aromatic N) is 1. The van der Waals surface area contributed by atoms with Gasteiger partial charge in [-0.3, -0.25) is 0 Å². The van der Waals surface area contributed by atoms with Crippen molar-refractivity contribution in [1.29, 1.82) is 0 Å². The molecule has 0 aliphatic rings. The molecule has 1 aromatic heterocycles. The van der Waals surface area contributed by atoms with E-state index >= 15 is 0 Å². The Morgan fingerprint density at radius 3 is 1.70 bits per heavy atom. The molecule has 1 heterocycles. The average Bonchev–Trinajstić information content (AvgIpc) is 3.52. The molecule has 0 bridgehead atoms. The van der Waals surface area contributed by atoms with Crippen LogP contribution in [0.25, 0.3) is 21.8 Å². The largest absolute Gasteiger partial charge is 0.494 e. The minimum atomic E-state index is 0.427. The van der Waals surface area contributed by atoms with Crippen molar-refractivity contribution < 1.29 is 9.47 Å². The third kappa shape index (κ3) is 13.2. The van der Waals surface area contributed by atoms with Crippen LogP contribution in [0.2, 0.25) is 0 Å². The second-order valence-electron chi connectivity index (χ2n) is 10.5. The first kappa shape index (κ1) is 34.7. The number of hydrogen-bond acceptors (Lipinski definition) is 5. The SMILES string of the molecule is CCCCCCCOc1ccc(-c2nc(-c3ccc(Br)cc3)cs2)cc1.CCCCCCCOc1ccc(C(N)=S)cc1. The van der Waals surface area contributed by atoms with Crippen molar-refractivity contribution in [2.75, 3.05) is 13.2 Å². The Bertz CT molecular complexity index is 1320. The number of halogens is 1. The van der Waals surface area contributed by atoms with Crippen molar-refractivity contribution >= 4 is 44.5 Å². The molecular formula is C36H45BrN2O2S2. The van der Waals surface area contributed by atoms with E-state index in [2.05, 4.69) is 59.4 Å². The predicted molar refractivity (Wildman–Crippen MR) is 192 cm³/mol. The molecule has 0 unspecified atom stereocenters. The van der Waals surface area contributed by atoms with E-state index in [4.69, 9.17) is 32.4 Å². The van der Waals surface area contributed by atoms with E-state index in [-0.39, 0.29) is 0 Å². The number of rotatable bonds is 17. The van der Waals surface area contributed by atoms with Gasteiger partial charge < -0.3 is 15.2 Å². The third-order valence-corrected chi connectivity index (χ3v) is 8.57. The minimum absolute atomic E-state index is 0.427.